The van der Waals surface area contributed by atoms with Crippen molar-refractivity contribution in [3.8, 4) is 0 Å². The Hall–Kier alpha value is -1.33. The van der Waals surface area contributed by atoms with Gasteiger partial charge in [0.15, 0.2) is 0 Å². The summed E-state index contributed by atoms with van der Waals surface area (Å²) in [5.41, 5.74) is 1.71. The van der Waals surface area contributed by atoms with Crippen molar-refractivity contribution in [3.05, 3.63) is 63.9 Å². The molecule has 5 heteroatoms. The van der Waals surface area contributed by atoms with Crippen LogP contribution in [0.15, 0.2) is 41.1 Å². The molecule has 106 valence electrons. The Morgan fingerprint density at radius 2 is 1.70 bits per heavy atom. The van der Waals surface area contributed by atoms with Crippen LogP contribution in [0.3, 0.4) is 0 Å². The SMILES string of the molecule is CNC(Cc1cc(F)cc(F)c1)Cc1cncc(Br)c1. The molecule has 1 atom stereocenters. The molecule has 1 N–H and O–H groups in total. The second-order valence-corrected chi connectivity index (χ2v) is 5.60. The van der Waals surface area contributed by atoms with Gasteiger partial charge in [0.2, 0.25) is 0 Å². The van der Waals surface area contributed by atoms with E-state index in [-0.39, 0.29) is 6.04 Å². The molecule has 1 heterocycles. The fourth-order valence-electron chi connectivity index (χ4n) is 2.14. The molecule has 2 nitrogen and oxygen atoms in total. The highest BCUT2D eigenvalue weighted by molar-refractivity contribution is 9.10. The Morgan fingerprint density at radius 1 is 1.05 bits per heavy atom. The van der Waals surface area contributed by atoms with Gasteiger partial charge in [-0.1, -0.05) is 0 Å². The summed E-state index contributed by atoms with van der Waals surface area (Å²) in [5.74, 6) is -1.09. The number of nitrogens with zero attached hydrogens (tertiary/aromatic N) is 1. The van der Waals surface area contributed by atoms with Crippen molar-refractivity contribution >= 4 is 15.9 Å². The van der Waals surface area contributed by atoms with E-state index < -0.39 is 11.6 Å². The number of halogens is 3. The van der Waals surface area contributed by atoms with Crippen molar-refractivity contribution in [2.45, 2.75) is 18.9 Å². The molecule has 0 aliphatic carbocycles. The zero-order valence-corrected chi connectivity index (χ0v) is 12.6. The van der Waals surface area contributed by atoms with Gasteiger partial charge in [0, 0.05) is 29.0 Å². The summed E-state index contributed by atoms with van der Waals surface area (Å²) < 4.78 is 27.3. The van der Waals surface area contributed by atoms with Crippen LogP contribution in [-0.4, -0.2) is 18.1 Å². The van der Waals surface area contributed by atoms with E-state index in [9.17, 15) is 8.78 Å². The normalized spacial score (nSPS) is 12.4. The number of nitrogens with one attached hydrogen (secondary N) is 1. The lowest BCUT2D eigenvalue weighted by molar-refractivity contribution is 0.543. The van der Waals surface area contributed by atoms with Crippen LogP contribution in [0.5, 0.6) is 0 Å². The first-order chi connectivity index (χ1) is 9.56. The quantitative estimate of drug-likeness (QED) is 0.901. The lowest BCUT2D eigenvalue weighted by Crippen LogP contribution is -2.30. The molecule has 20 heavy (non-hydrogen) atoms. The predicted octanol–water partition coefficient (Wildman–Crippen LogP) is 3.50. The second-order valence-electron chi connectivity index (χ2n) is 4.68. The third-order valence-corrected chi connectivity index (χ3v) is 3.49. The number of likely N-dealkylation sites (N-methyl/N-ethyl adjacent to an activating group) is 1. The van der Waals surface area contributed by atoms with Gasteiger partial charge in [-0.2, -0.15) is 0 Å². The maximum Gasteiger partial charge on any atom is 0.126 e. The molecule has 0 saturated heterocycles. The fraction of sp³-hybridized carbons (Fsp3) is 0.267. The van der Waals surface area contributed by atoms with Crippen molar-refractivity contribution in [1.82, 2.24) is 10.3 Å². The largest absolute Gasteiger partial charge is 0.316 e. The van der Waals surface area contributed by atoms with Gasteiger partial charge in [-0.3, -0.25) is 4.98 Å². The third kappa shape index (κ3) is 4.35. The molecule has 0 fully saturated rings. The first-order valence-corrected chi connectivity index (χ1v) is 7.08. The van der Waals surface area contributed by atoms with E-state index in [1.165, 1.54) is 12.1 Å². The minimum absolute atomic E-state index is 0.0901. The first kappa shape index (κ1) is 15.1. The number of rotatable bonds is 5. The molecule has 0 amide bonds. The highest BCUT2D eigenvalue weighted by Gasteiger charge is 2.11. The van der Waals surface area contributed by atoms with Crippen LogP contribution in [0.1, 0.15) is 11.1 Å². The van der Waals surface area contributed by atoms with E-state index >= 15 is 0 Å². The zero-order valence-electron chi connectivity index (χ0n) is 11.0. The maximum absolute atomic E-state index is 13.2. The zero-order chi connectivity index (χ0) is 14.5. The van der Waals surface area contributed by atoms with Crippen molar-refractivity contribution in [1.29, 1.82) is 0 Å². The number of hydrogen-bond donors (Lipinski definition) is 1. The van der Waals surface area contributed by atoms with E-state index in [1.807, 2.05) is 13.1 Å². The monoisotopic (exact) mass is 340 g/mol. The summed E-state index contributed by atoms with van der Waals surface area (Å²) in [6.07, 6.45) is 4.81. The van der Waals surface area contributed by atoms with Gasteiger partial charge in [0.05, 0.1) is 0 Å². The summed E-state index contributed by atoms with van der Waals surface area (Å²) in [6, 6.07) is 5.70. The van der Waals surface area contributed by atoms with Crippen molar-refractivity contribution in [2.75, 3.05) is 7.05 Å². The molecule has 0 radical (unpaired) electrons. The van der Waals surface area contributed by atoms with Crippen molar-refractivity contribution in [3.63, 3.8) is 0 Å². The number of benzene rings is 1. The molecule has 1 aromatic heterocycles. The molecule has 2 rings (SSSR count). The van der Waals surface area contributed by atoms with E-state index in [1.54, 1.807) is 12.4 Å². The Labute approximate surface area is 125 Å². The van der Waals surface area contributed by atoms with Crippen LogP contribution < -0.4 is 5.32 Å². The van der Waals surface area contributed by atoms with Crippen molar-refractivity contribution < 1.29 is 8.78 Å². The molecule has 0 bridgehead atoms. The molecule has 1 unspecified atom stereocenters. The lowest BCUT2D eigenvalue weighted by atomic mass is 10.00. The van der Waals surface area contributed by atoms with Crippen LogP contribution in [0, 0.1) is 11.6 Å². The average molecular weight is 341 g/mol. The maximum atomic E-state index is 13.2. The summed E-state index contributed by atoms with van der Waals surface area (Å²) in [4.78, 5) is 4.11. The van der Waals surface area contributed by atoms with Crippen LogP contribution in [0.2, 0.25) is 0 Å². The van der Waals surface area contributed by atoms with E-state index in [0.29, 0.717) is 12.0 Å². The lowest BCUT2D eigenvalue weighted by Gasteiger charge is -2.16. The number of pyridine rings is 1. The van der Waals surface area contributed by atoms with E-state index in [0.717, 1.165) is 22.5 Å². The Balaban J connectivity index is 2.09. The molecule has 1 aromatic carbocycles. The highest BCUT2D eigenvalue weighted by Crippen LogP contribution is 2.15. The van der Waals surface area contributed by atoms with Crippen LogP contribution in [-0.2, 0) is 12.8 Å². The summed E-state index contributed by atoms with van der Waals surface area (Å²) in [7, 11) is 1.84. The molecular formula is C15H15BrF2N2. The summed E-state index contributed by atoms with van der Waals surface area (Å²) >= 11 is 3.38. The van der Waals surface area contributed by atoms with Gasteiger partial charge in [-0.25, -0.2) is 8.78 Å². The smallest absolute Gasteiger partial charge is 0.126 e. The predicted molar refractivity (Wildman–Crippen MR) is 78.6 cm³/mol. The van der Waals surface area contributed by atoms with Gasteiger partial charge in [-0.15, -0.1) is 0 Å². The number of aromatic nitrogens is 1. The first-order valence-electron chi connectivity index (χ1n) is 6.28. The average Bonchev–Trinajstić information content (AvgIpc) is 2.36. The second kappa shape index (κ2) is 6.90. The third-order valence-electron chi connectivity index (χ3n) is 3.06. The number of hydrogen-bond acceptors (Lipinski definition) is 2. The van der Waals surface area contributed by atoms with Gasteiger partial charge in [0.1, 0.15) is 11.6 Å². The molecular weight excluding hydrogens is 326 g/mol. The van der Waals surface area contributed by atoms with Crippen LogP contribution >= 0.6 is 15.9 Å². The minimum Gasteiger partial charge on any atom is -0.316 e. The highest BCUT2D eigenvalue weighted by atomic mass is 79.9. The Kier molecular flexibility index (Phi) is 5.20. The van der Waals surface area contributed by atoms with Gasteiger partial charge < -0.3 is 5.32 Å². The van der Waals surface area contributed by atoms with Gasteiger partial charge in [0.25, 0.3) is 0 Å². The minimum atomic E-state index is -0.543. The van der Waals surface area contributed by atoms with Crippen LogP contribution in [0.4, 0.5) is 8.78 Å². The molecule has 0 aliphatic heterocycles. The Morgan fingerprint density at radius 3 is 2.30 bits per heavy atom. The fourth-order valence-corrected chi connectivity index (χ4v) is 2.55. The van der Waals surface area contributed by atoms with E-state index in [2.05, 4.69) is 26.2 Å². The molecule has 0 aliphatic rings. The summed E-state index contributed by atoms with van der Waals surface area (Å²) in [5, 5.41) is 3.17. The molecule has 2 aromatic rings. The molecule has 0 spiro atoms. The van der Waals surface area contributed by atoms with E-state index in [4.69, 9.17) is 0 Å². The van der Waals surface area contributed by atoms with Crippen molar-refractivity contribution in [2.24, 2.45) is 0 Å². The summed E-state index contributed by atoms with van der Waals surface area (Å²) in [6.45, 7) is 0. The van der Waals surface area contributed by atoms with Gasteiger partial charge in [-0.05, 0) is 65.1 Å². The van der Waals surface area contributed by atoms with Crippen LogP contribution in [0.25, 0.3) is 0 Å². The topological polar surface area (TPSA) is 24.9 Å². The Bertz CT molecular complexity index is 570. The standard InChI is InChI=1S/C15H15BrF2N2/c1-19-15(6-11-2-12(16)9-20-8-11)5-10-3-13(17)7-14(18)4-10/h2-4,7-9,15,19H,5-6H2,1H3. The van der Waals surface area contributed by atoms with Gasteiger partial charge >= 0.3 is 0 Å². The molecule has 0 saturated carbocycles.